The molecular weight excluding hydrogens is 447 g/mol. The van der Waals surface area contributed by atoms with Gasteiger partial charge in [-0.1, -0.05) is 30.3 Å². The van der Waals surface area contributed by atoms with E-state index in [1.165, 1.54) is 18.2 Å². The van der Waals surface area contributed by atoms with E-state index in [9.17, 15) is 9.18 Å². The Balaban J connectivity index is 1.71. The summed E-state index contributed by atoms with van der Waals surface area (Å²) in [7, 11) is 1.79. The molecule has 0 saturated carbocycles. The van der Waals surface area contributed by atoms with Gasteiger partial charge in [-0.25, -0.2) is 9.37 Å². The fraction of sp³-hybridized carbons (Fsp3) is 0.0435. The first-order valence-corrected chi connectivity index (χ1v) is 10.1. The van der Waals surface area contributed by atoms with Crippen LogP contribution < -0.4 is 15.4 Å². The number of rotatable bonds is 7. The van der Waals surface area contributed by atoms with Crippen LogP contribution in [0.3, 0.4) is 0 Å². The standard InChI is InChI=1S/C23H18ClFN6O2/c1-3-21(32)28-15-5-4-6-17(10-15)33-22-18(14-7-8-20(25)19(24)9-14)12-26-23(30-22)29-16-11-27-31(2)13-16/h3-13H,1H2,2H3,(H,28,32)(H,26,29,30). The van der Waals surface area contributed by atoms with Crippen molar-refractivity contribution in [1.29, 1.82) is 0 Å². The number of carbonyl (C=O) groups excluding carboxylic acids is 1. The Hall–Kier alpha value is -4.24. The molecule has 10 heteroatoms. The van der Waals surface area contributed by atoms with E-state index < -0.39 is 5.82 Å². The third kappa shape index (κ3) is 5.34. The Morgan fingerprint density at radius 2 is 2.06 bits per heavy atom. The molecule has 2 N–H and O–H groups in total. The maximum Gasteiger partial charge on any atom is 0.247 e. The number of ether oxygens (including phenoxy) is 1. The number of amides is 1. The lowest BCUT2D eigenvalue weighted by atomic mass is 10.1. The molecule has 0 radical (unpaired) electrons. The number of anilines is 3. The third-order valence-electron chi connectivity index (χ3n) is 4.45. The summed E-state index contributed by atoms with van der Waals surface area (Å²) in [5.74, 6) is -0.00204. The molecule has 8 nitrogen and oxygen atoms in total. The van der Waals surface area contributed by atoms with E-state index in [4.69, 9.17) is 16.3 Å². The van der Waals surface area contributed by atoms with Gasteiger partial charge in [-0.15, -0.1) is 0 Å². The average molecular weight is 465 g/mol. The van der Waals surface area contributed by atoms with Gasteiger partial charge in [0.2, 0.25) is 17.7 Å². The van der Waals surface area contributed by atoms with Gasteiger partial charge in [0.15, 0.2) is 0 Å². The molecule has 0 aliphatic heterocycles. The predicted molar refractivity (Wildman–Crippen MR) is 124 cm³/mol. The van der Waals surface area contributed by atoms with Crippen molar-refractivity contribution >= 4 is 34.8 Å². The summed E-state index contributed by atoms with van der Waals surface area (Å²) in [5, 5.41) is 9.79. The second kappa shape index (κ2) is 9.49. The molecule has 2 heterocycles. The number of hydrogen-bond acceptors (Lipinski definition) is 6. The summed E-state index contributed by atoms with van der Waals surface area (Å²) in [6.45, 7) is 3.44. The third-order valence-corrected chi connectivity index (χ3v) is 4.74. The minimum Gasteiger partial charge on any atom is -0.438 e. The van der Waals surface area contributed by atoms with Gasteiger partial charge in [0.1, 0.15) is 11.6 Å². The summed E-state index contributed by atoms with van der Waals surface area (Å²) >= 11 is 5.97. The fourth-order valence-electron chi connectivity index (χ4n) is 2.92. The average Bonchev–Trinajstić information content (AvgIpc) is 3.20. The quantitative estimate of drug-likeness (QED) is 0.359. The van der Waals surface area contributed by atoms with Gasteiger partial charge in [-0.2, -0.15) is 10.1 Å². The zero-order valence-electron chi connectivity index (χ0n) is 17.4. The van der Waals surface area contributed by atoms with Crippen LogP contribution in [0.2, 0.25) is 5.02 Å². The van der Waals surface area contributed by atoms with Crippen LogP contribution in [-0.2, 0) is 11.8 Å². The van der Waals surface area contributed by atoms with Crippen LogP contribution in [0.1, 0.15) is 0 Å². The van der Waals surface area contributed by atoms with Gasteiger partial charge in [-0.3, -0.25) is 9.48 Å². The number of halogens is 2. The SMILES string of the molecule is C=CC(=O)Nc1cccc(Oc2nc(Nc3cnn(C)c3)ncc2-c2ccc(F)c(Cl)c2)c1. The van der Waals surface area contributed by atoms with Crippen LogP contribution in [0, 0.1) is 5.82 Å². The molecule has 0 aliphatic rings. The minimum absolute atomic E-state index is 0.0369. The molecule has 0 spiro atoms. The smallest absolute Gasteiger partial charge is 0.247 e. The normalized spacial score (nSPS) is 10.5. The lowest BCUT2D eigenvalue weighted by molar-refractivity contribution is -0.111. The number of nitrogens with zero attached hydrogens (tertiary/aromatic N) is 4. The molecule has 0 bridgehead atoms. The van der Waals surface area contributed by atoms with Crippen LogP contribution in [0.25, 0.3) is 11.1 Å². The zero-order valence-corrected chi connectivity index (χ0v) is 18.2. The number of hydrogen-bond donors (Lipinski definition) is 2. The highest BCUT2D eigenvalue weighted by atomic mass is 35.5. The molecule has 0 atom stereocenters. The van der Waals surface area contributed by atoms with E-state index in [1.54, 1.807) is 60.7 Å². The van der Waals surface area contributed by atoms with Crippen molar-refractivity contribution in [3.8, 4) is 22.8 Å². The largest absolute Gasteiger partial charge is 0.438 e. The topological polar surface area (TPSA) is 94.0 Å². The molecule has 4 rings (SSSR count). The second-order valence-electron chi connectivity index (χ2n) is 6.89. The van der Waals surface area contributed by atoms with Crippen LogP contribution in [0.4, 0.5) is 21.7 Å². The Labute approximate surface area is 193 Å². The van der Waals surface area contributed by atoms with E-state index in [0.29, 0.717) is 28.3 Å². The van der Waals surface area contributed by atoms with Gasteiger partial charge in [0, 0.05) is 31.2 Å². The Kier molecular flexibility index (Phi) is 6.32. The van der Waals surface area contributed by atoms with Crippen LogP contribution in [-0.4, -0.2) is 25.7 Å². The Bertz CT molecular complexity index is 1340. The summed E-state index contributed by atoms with van der Waals surface area (Å²) in [5.41, 5.74) is 2.27. The van der Waals surface area contributed by atoms with Gasteiger partial charge in [0.05, 0.1) is 22.5 Å². The molecule has 0 unspecified atom stereocenters. The molecule has 0 saturated heterocycles. The lowest BCUT2D eigenvalue weighted by Crippen LogP contribution is -2.07. The number of benzene rings is 2. The van der Waals surface area contributed by atoms with E-state index in [-0.39, 0.29) is 22.8 Å². The molecule has 2 aromatic carbocycles. The minimum atomic E-state index is -0.538. The van der Waals surface area contributed by atoms with Crippen molar-refractivity contribution in [2.24, 2.45) is 7.05 Å². The van der Waals surface area contributed by atoms with Crippen molar-refractivity contribution in [3.05, 3.63) is 84.5 Å². The van der Waals surface area contributed by atoms with Gasteiger partial charge < -0.3 is 15.4 Å². The fourth-order valence-corrected chi connectivity index (χ4v) is 3.10. The molecule has 1 amide bonds. The van der Waals surface area contributed by atoms with Crippen LogP contribution in [0.5, 0.6) is 11.6 Å². The lowest BCUT2D eigenvalue weighted by Gasteiger charge is -2.13. The first-order chi connectivity index (χ1) is 15.9. The van der Waals surface area contributed by atoms with Crippen molar-refractivity contribution in [2.75, 3.05) is 10.6 Å². The molecule has 4 aromatic rings. The van der Waals surface area contributed by atoms with Gasteiger partial charge in [0.25, 0.3) is 0 Å². The van der Waals surface area contributed by atoms with E-state index >= 15 is 0 Å². The van der Waals surface area contributed by atoms with Gasteiger partial charge in [-0.05, 0) is 35.9 Å². The maximum absolute atomic E-state index is 13.7. The second-order valence-corrected chi connectivity index (χ2v) is 7.30. The number of aromatic nitrogens is 4. The monoisotopic (exact) mass is 464 g/mol. The molecule has 0 fully saturated rings. The van der Waals surface area contributed by atoms with Crippen LogP contribution >= 0.6 is 11.6 Å². The summed E-state index contributed by atoms with van der Waals surface area (Å²) in [4.78, 5) is 20.4. The highest BCUT2D eigenvalue weighted by Gasteiger charge is 2.15. The maximum atomic E-state index is 13.7. The number of nitrogens with one attached hydrogen (secondary N) is 2. The van der Waals surface area contributed by atoms with E-state index in [0.717, 1.165) is 0 Å². The summed E-state index contributed by atoms with van der Waals surface area (Å²) in [6, 6.07) is 11.1. The van der Waals surface area contributed by atoms with Crippen molar-refractivity contribution in [1.82, 2.24) is 19.7 Å². The van der Waals surface area contributed by atoms with E-state index in [1.807, 2.05) is 0 Å². The Morgan fingerprint density at radius 3 is 2.79 bits per heavy atom. The molecular formula is C23H18ClFN6O2. The molecule has 166 valence electrons. The zero-order chi connectivity index (χ0) is 23.4. The first kappa shape index (κ1) is 22.0. The number of carbonyl (C=O) groups is 1. The first-order valence-electron chi connectivity index (χ1n) is 9.71. The molecule has 33 heavy (non-hydrogen) atoms. The molecule has 0 aliphatic carbocycles. The molecule has 2 aromatic heterocycles. The van der Waals surface area contributed by atoms with Crippen molar-refractivity contribution in [3.63, 3.8) is 0 Å². The highest BCUT2D eigenvalue weighted by Crippen LogP contribution is 2.34. The summed E-state index contributed by atoms with van der Waals surface area (Å²) in [6.07, 6.45) is 6.12. The van der Waals surface area contributed by atoms with Crippen molar-refractivity contribution in [2.45, 2.75) is 0 Å². The van der Waals surface area contributed by atoms with Crippen molar-refractivity contribution < 1.29 is 13.9 Å². The van der Waals surface area contributed by atoms with Crippen LogP contribution in [0.15, 0.2) is 73.7 Å². The number of aryl methyl sites for hydroxylation is 1. The Morgan fingerprint density at radius 1 is 1.21 bits per heavy atom. The highest BCUT2D eigenvalue weighted by molar-refractivity contribution is 6.31. The predicted octanol–water partition coefficient (Wildman–Crippen LogP) is 5.33. The van der Waals surface area contributed by atoms with E-state index in [2.05, 4.69) is 32.3 Å². The summed E-state index contributed by atoms with van der Waals surface area (Å²) < 4.78 is 21.4. The van der Waals surface area contributed by atoms with Gasteiger partial charge >= 0.3 is 0 Å².